The first-order valence-corrected chi connectivity index (χ1v) is 5.04. The summed E-state index contributed by atoms with van der Waals surface area (Å²) in [7, 11) is 1.53. The number of carbonyl (C=O) groups excluding carboxylic acids is 1. The van der Waals surface area contributed by atoms with Gasteiger partial charge >= 0.3 is 0 Å². The average Bonchev–Trinajstić information content (AvgIpc) is 2.66. The van der Waals surface area contributed by atoms with Gasteiger partial charge in [0.2, 0.25) is 0 Å². The van der Waals surface area contributed by atoms with Crippen LogP contribution in [0.3, 0.4) is 0 Å². The first-order valence-electron chi connectivity index (χ1n) is 5.04. The summed E-state index contributed by atoms with van der Waals surface area (Å²) in [6.45, 7) is 2.36. The second kappa shape index (κ2) is 6.24. The number of hydrogen-bond donors (Lipinski definition) is 2. The molecule has 6 nitrogen and oxygen atoms in total. The lowest BCUT2D eigenvalue weighted by molar-refractivity contribution is 0.0936. The predicted octanol–water partition coefficient (Wildman–Crippen LogP) is 0.322. The molecule has 0 radical (unpaired) electrons. The maximum Gasteiger partial charge on any atom is 0.273 e. The van der Waals surface area contributed by atoms with Crippen LogP contribution in [0.25, 0.3) is 0 Å². The third kappa shape index (κ3) is 4.00. The maximum absolute atomic E-state index is 11.5. The van der Waals surface area contributed by atoms with Crippen LogP contribution in [-0.2, 0) is 11.3 Å². The summed E-state index contributed by atoms with van der Waals surface area (Å²) in [5.74, 6) is 0.190. The van der Waals surface area contributed by atoms with Gasteiger partial charge in [0.15, 0.2) is 11.5 Å². The fourth-order valence-electron chi connectivity index (χ4n) is 1.12. The van der Waals surface area contributed by atoms with Crippen LogP contribution in [0, 0.1) is 0 Å². The average molecular weight is 228 g/mol. The van der Waals surface area contributed by atoms with Crippen molar-refractivity contribution in [3.05, 3.63) is 17.5 Å². The summed E-state index contributed by atoms with van der Waals surface area (Å²) in [6, 6.07) is 1.53. The second-order valence-corrected chi connectivity index (χ2v) is 3.51. The summed E-state index contributed by atoms with van der Waals surface area (Å²) in [6.07, 6.45) is 0.0794. The number of amides is 1. The van der Waals surface area contributed by atoms with Gasteiger partial charge in [-0.1, -0.05) is 5.16 Å². The first-order chi connectivity index (χ1) is 7.63. The maximum atomic E-state index is 11.5. The van der Waals surface area contributed by atoms with E-state index in [1.807, 2.05) is 0 Å². The normalized spacial score (nSPS) is 12.4. The summed E-state index contributed by atoms with van der Waals surface area (Å²) in [5, 5.41) is 15.2. The molecule has 0 aromatic carbocycles. The molecule has 6 heteroatoms. The highest BCUT2D eigenvalue weighted by Gasteiger charge is 2.11. The largest absolute Gasteiger partial charge is 0.393 e. The molecule has 0 aliphatic carbocycles. The van der Waals surface area contributed by atoms with Crippen molar-refractivity contribution >= 4 is 5.91 Å². The molecule has 1 amide bonds. The number of aromatic nitrogens is 1. The smallest absolute Gasteiger partial charge is 0.273 e. The lowest BCUT2D eigenvalue weighted by Crippen LogP contribution is -2.26. The SMILES string of the molecule is COCc1cc(C(=O)NCCC(C)O)no1. The fourth-order valence-corrected chi connectivity index (χ4v) is 1.12. The van der Waals surface area contributed by atoms with E-state index in [-0.39, 0.29) is 18.2 Å². The summed E-state index contributed by atoms with van der Waals surface area (Å²) in [4.78, 5) is 11.5. The number of aliphatic hydroxyl groups excluding tert-OH is 1. The number of methoxy groups -OCH3 is 1. The Bertz CT molecular complexity index is 335. The molecular formula is C10H16N2O4. The van der Waals surface area contributed by atoms with Gasteiger partial charge in [-0.25, -0.2) is 0 Å². The quantitative estimate of drug-likeness (QED) is 0.732. The molecule has 90 valence electrons. The monoisotopic (exact) mass is 228 g/mol. The van der Waals surface area contributed by atoms with Gasteiger partial charge in [-0.15, -0.1) is 0 Å². The Kier molecular flexibility index (Phi) is 4.94. The van der Waals surface area contributed by atoms with E-state index in [1.165, 1.54) is 13.2 Å². The summed E-state index contributed by atoms with van der Waals surface area (Å²) >= 11 is 0. The number of aliphatic hydroxyl groups is 1. The molecule has 1 rings (SSSR count). The van der Waals surface area contributed by atoms with Crippen molar-refractivity contribution in [1.29, 1.82) is 0 Å². The molecule has 0 saturated carbocycles. The Hall–Kier alpha value is -1.40. The lowest BCUT2D eigenvalue weighted by atomic mass is 10.3. The van der Waals surface area contributed by atoms with E-state index in [9.17, 15) is 4.79 Å². The van der Waals surface area contributed by atoms with Gasteiger partial charge in [0.1, 0.15) is 6.61 Å². The topological polar surface area (TPSA) is 84.6 Å². The van der Waals surface area contributed by atoms with Crippen LogP contribution in [0.1, 0.15) is 29.6 Å². The summed E-state index contributed by atoms with van der Waals surface area (Å²) in [5.41, 5.74) is 0.220. The van der Waals surface area contributed by atoms with Crippen molar-refractivity contribution in [3.63, 3.8) is 0 Å². The van der Waals surface area contributed by atoms with Crippen LogP contribution in [-0.4, -0.2) is 35.9 Å². The third-order valence-electron chi connectivity index (χ3n) is 1.93. The third-order valence-corrected chi connectivity index (χ3v) is 1.93. The Morgan fingerprint density at radius 3 is 3.12 bits per heavy atom. The van der Waals surface area contributed by atoms with Crippen molar-refractivity contribution in [2.45, 2.75) is 26.1 Å². The molecular weight excluding hydrogens is 212 g/mol. The highest BCUT2D eigenvalue weighted by atomic mass is 16.5. The lowest BCUT2D eigenvalue weighted by Gasteiger charge is -2.04. The Morgan fingerprint density at radius 1 is 1.75 bits per heavy atom. The standard InChI is InChI=1S/C10H16N2O4/c1-7(13)3-4-11-10(14)9-5-8(6-15-2)16-12-9/h5,7,13H,3-4,6H2,1-2H3,(H,11,14). The molecule has 0 spiro atoms. The van der Waals surface area contributed by atoms with E-state index in [0.29, 0.717) is 18.7 Å². The van der Waals surface area contributed by atoms with Crippen molar-refractivity contribution in [3.8, 4) is 0 Å². The van der Waals surface area contributed by atoms with E-state index < -0.39 is 6.10 Å². The number of nitrogens with one attached hydrogen (secondary N) is 1. The van der Waals surface area contributed by atoms with Gasteiger partial charge in [0.25, 0.3) is 5.91 Å². The highest BCUT2D eigenvalue weighted by Crippen LogP contribution is 2.04. The van der Waals surface area contributed by atoms with Gasteiger partial charge in [-0.05, 0) is 13.3 Å². The minimum atomic E-state index is -0.429. The Morgan fingerprint density at radius 2 is 2.50 bits per heavy atom. The second-order valence-electron chi connectivity index (χ2n) is 3.51. The molecule has 2 N–H and O–H groups in total. The zero-order valence-corrected chi connectivity index (χ0v) is 9.40. The van der Waals surface area contributed by atoms with Gasteiger partial charge in [0, 0.05) is 19.7 Å². The molecule has 0 saturated heterocycles. The van der Waals surface area contributed by atoms with Gasteiger partial charge in [0.05, 0.1) is 6.10 Å². The molecule has 0 aliphatic heterocycles. The summed E-state index contributed by atoms with van der Waals surface area (Å²) < 4.78 is 9.70. The van der Waals surface area contributed by atoms with Crippen molar-refractivity contribution in [2.24, 2.45) is 0 Å². The zero-order chi connectivity index (χ0) is 12.0. The zero-order valence-electron chi connectivity index (χ0n) is 9.40. The van der Waals surface area contributed by atoms with Crippen molar-refractivity contribution < 1.29 is 19.2 Å². The molecule has 1 heterocycles. The fraction of sp³-hybridized carbons (Fsp3) is 0.600. The van der Waals surface area contributed by atoms with Crippen LogP contribution in [0.5, 0.6) is 0 Å². The number of rotatable bonds is 6. The van der Waals surface area contributed by atoms with E-state index in [1.54, 1.807) is 6.92 Å². The van der Waals surface area contributed by atoms with Crippen LogP contribution >= 0.6 is 0 Å². The van der Waals surface area contributed by atoms with Crippen molar-refractivity contribution in [2.75, 3.05) is 13.7 Å². The molecule has 0 bridgehead atoms. The number of nitrogens with zero attached hydrogens (tertiary/aromatic N) is 1. The highest BCUT2D eigenvalue weighted by molar-refractivity contribution is 5.92. The molecule has 1 unspecified atom stereocenters. The molecule has 0 aliphatic rings. The van der Waals surface area contributed by atoms with Crippen LogP contribution in [0.2, 0.25) is 0 Å². The Balaban J connectivity index is 2.40. The minimum Gasteiger partial charge on any atom is -0.393 e. The Labute approximate surface area is 93.6 Å². The molecule has 0 fully saturated rings. The number of ether oxygens (including phenoxy) is 1. The predicted molar refractivity (Wildman–Crippen MR) is 55.8 cm³/mol. The molecule has 1 atom stereocenters. The number of hydrogen-bond acceptors (Lipinski definition) is 5. The van der Waals surface area contributed by atoms with E-state index >= 15 is 0 Å². The molecule has 1 aromatic rings. The van der Waals surface area contributed by atoms with Crippen molar-refractivity contribution in [1.82, 2.24) is 10.5 Å². The number of carbonyl (C=O) groups is 1. The van der Waals surface area contributed by atoms with E-state index in [2.05, 4.69) is 10.5 Å². The molecule has 16 heavy (non-hydrogen) atoms. The van der Waals surface area contributed by atoms with Gasteiger partial charge in [-0.3, -0.25) is 4.79 Å². The van der Waals surface area contributed by atoms with Crippen LogP contribution < -0.4 is 5.32 Å². The van der Waals surface area contributed by atoms with Gasteiger partial charge < -0.3 is 19.7 Å². The van der Waals surface area contributed by atoms with Gasteiger partial charge in [-0.2, -0.15) is 0 Å². The minimum absolute atomic E-state index is 0.220. The van der Waals surface area contributed by atoms with Crippen LogP contribution in [0.15, 0.2) is 10.6 Å². The first kappa shape index (κ1) is 12.7. The molecule has 1 aromatic heterocycles. The van der Waals surface area contributed by atoms with Crippen LogP contribution in [0.4, 0.5) is 0 Å². The van der Waals surface area contributed by atoms with E-state index in [0.717, 1.165) is 0 Å². The van der Waals surface area contributed by atoms with E-state index in [4.69, 9.17) is 14.4 Å².